The summed E-state index contributed by atoms with van der Waals surface area (Å²) in [5.41, 5.74) is 0.572. The molecule has 1 aliphatic rings. The van der Waals surface area contributed by atoms with E-state index in [1.54, 1.807) is 6.92 Å². The van der Waals surface area contributed by atoms with Gasteiger partial charge < -0.3 is 15.2 Å². The maximum atomic E-state index is 12.9. The number of carbonyl (C=O) groups excluding carboxylic acids is 1. The van der Waals surface area contributed by atoms with E-state index in [-0.39, 0.29) is 24.4 Å². The molecule has 1 fully saturated rings. The predicted octanol–water partition coefficient (Wildman–Crippen LogP) is 2.71. The second kappa shape index (κ2) is 8.25. The number of rotatable bonds is 6. The minimum atomic E-state index is -0.876. The zero-order valence-corrected chi connectivity index (χ0v) is 12.9. The minimum Gasteiger partial charge on any atom is -0.386 e. The first kappa shape index (κ1) is 16.9. The van der Waals surface area contributed by atoms with Crippen molar-refractivity contribution < 1.29 is 19.0 Å². The smallest absolute Gasteiger partial charge is 0.246 e. The highest BCUT2D eigenvalue weighted by Gasteiger charge is 2.20. The van der Waals surface area contributed by atoms with Crippen molar-refractivity contribution in [2.75, 3.05) is 6.61 Å². The highest BCUT2D eigenvalue weighted by Crippen LogP contribution is 2.20. The summed E-state index contributed by atoms with van der Waals surface area (Å²) in [5.74, 6) is -0.590. The van der Waals surface area contributed by atoms with Gasteiger partial charge in [-0.1, -0.05) is 31.4 Å². The summed E-state index contributed by atoms with van der Waals surface area (Å²) < 4.78 is 18.5. The topological polar surface area (TPSA) is 58.6 Å². The number of aliphatic hydroxyl groups excluding tert-OH is 1. The fraction of sp³-hybridized carbons (Fsp3) is 0.588. The Hall–Kier alpha value is -1.46. The molecule has 0 unspecified atom stereocenters. The molecule has 2 rings (SSSR count). The van der Waals surface area contributed by atoms with Crippen LogP contribution in [0.3, 0.4) is 0 Å². The molecule has 1 amide bonds. The summed E-state index contributed by atoms with van der Waals surface area (Å²) >= 11 is 0. The average molecular weight is 309 g/mol. The number of halogens is 1. The van der Waals surface area contributed by atoms with Gasteiger partial charge in [0.25, 0.3) is 0 Å². The van der Waals surface area contributed by atoms with Crippen LogP contribution in [0.2, 0.25) is 0 Å². The highest BCUT2D eigenvalue weighted by atomic mass is 19.1. The van der Waals surface area contributed by atoms with E-state index in [1.807, 2.05) is 0 Å². The number of nitrogens with one attached hydrogen (secondary N) is 1. The normalized spacial score (nSPS) is 18.7. The second-order valence-electron chi connectivity index (χ2n) is 5.92. The molecule has 122 valence electrons. The quantitative estimate of drug-likeness (QED) is 0.849. The van der Waals surface area contributed by atoms with E-state index in [1.165, 1.54) is 30.7 Å². The zero-order valence-electron chi connectivity index (χ0n) is 12.9. The Kier molecular flexibility index (Phi) is 6.34. The average Bonchev–Trinajstić information content (AvgIpc) is 2.54. The van der Waals surface area contributed by atoms with E-state index < -0.39 is 12.1 Å². The number of hydrogen-bond donors (Lipinski definition) is 2. The first-order valence-corrected chi connectivity index (χ1v) is 7.91. The van der Waals surface area contributed by atoms with Crippen LogP contribution in [0.15, 0.2) is 24.3 Å². The molecular formula is C17H24FNO3. The maximum Gasteiger partial charge on any atom is 0.246 e. The lowest BCUT2D eigenvalue weighted by Crippen LogP contribution is -2.39. The van der Waals surface area contributed by atoms with Crippen molar-refractivity contribution in [2.24, 2.45) is 0 Å². The molecular weight excluding hydrogens is 285 g/mol. The Bertz CT molecular complexity index is 471. The molecule has 0 radical (unpaired) electrons. The number of benzene rings is 1. The number of aliphatic hydroxyl groups is 1. The van der Waals surface area contributed by atoms with Crippen LogP contribution >= 0.6 is 0 Å². The van der Waals surface area contributed by atoms with Crippen LogP contribution in [-0.2, 0) is 9.53 Å². The van der Waals surface area contributed by atoms with E-state index >= 15 is 0 Å². The first-order chi connectivity index (χ1) is 10.6. The van der Waals surface area contributed by atoms with Gasteiger partial charge in [-0.05, 0) is 37.5 Å². The van der Waals surface area contributed by atoms with E-state index in [9.17, 15) is 14.3 Å². The molecule has 0 bridgehead atoms. The van der Waals surface area contributed by atoms with Crippen LogP contribution in [0.4, 0.5) is 4.39 Å². The molecule has 0 saturated heterocycles. The lowest BCUT2D eigenvalue weighted by Gasteiger charge is -2.23. The largest absolute Gasteiger partial charge is 0.386 e. The van der Waals surface area contributed by atoms with Gasteiger partial charge in [0, 0.05) is 0 Å². The van der Waals surface area contributed by atoms with Crippen LogP contribution in [0.25, 0.3) is 0 Å². The Balaban J connectivity index is 1.76. The van der Waals surface area contributed by atoms with Crippen molar-refractivity contribution in [3.05, 3.63) is 35.6 Å². The molecule has 0 spiro atoms. The van der Waals surface area contributed by atoms with Crippen LogP contribution in [0, 0.1) is 5.82 Å². The minimum absolute atomic E-state index is 0.0190. The van der Waals surface area contributed by atoms with Gasteiger partial charge in [0.1, 0.15) is 12.4 Å². The van der Waals surface area contributed by atoms with Crippen molar-refractivity contribution in [2.45, 2.75) is 57.3 Å². The lowest BCUT2D eigenvalue weighted by molar-refractivity contribution is -0.129. The molecule has 4 nitrogen and oxygen atoms in total. The number of carbonyl (C=O) groups is 1. The van der Waals surface area contributed by atoms with Crippen molar-refractivity contribution in [1.29, 1.82) is 0 Å². The third kappa shape index (κ3) is 5.07. The fourth-order valence-corrected chi connectivity index (χ4v) is 2.75. The highest BCUT2D eigenvalue weighted by molar-refractivity contribution is 5.77. The predicted molar refractivity (Wildman–Crippen MR) is 81.8 cm³/mol. The SMILES string of the molecule is C[C@@H](NC(=O)COC1CCCCC1)[C@H](O)c1ccc(F)cc1. The van der Waals surface area contributed by atoms with Crippen molar-refractivity contribution in [3.63, 3.8) is 0 Å². The maximum absolute atomic E-state index is 12.9. The van der Waals surface area contributed by atoms with Crippen LogP contribution in [-0.4, -0.2) is 29.8 Å². The molecule has 0 aliphatic heterocycles. The van der Waals surface area contributed by atoms with Gasteiger partial charge >= 0.3 is 0 Å². The molecule has 1 aromatic rings. The summed E-state index contributed by atoms with van der Waals surface area (Å²) in [5, 5.41) is 12.9. The number of amides is 1. The second-order valence-corrected chi connectivity index (χ2v) is 5.92. The Morgan fingerprint density at radius 3 is 2.59 bits per heavy atom. The molecule has 1 aliphatic carbocycles. The van der Waals surface area contributed by atoms with Gasteiger partial charge in [-0.15, -0.1) is 0 Å². The summed E-state index contributed by atoms with van der Waals surface area (Å²) in [6.07, 6.45) is 4.89. The number of hydrogen-bond acceptors (Lipinski definition) is 3. The summed E-state index contributed by atoms with van der Waals surface area (Å²) in [7, 11) is 0. The lowest BCUT2D eigenvalue weighted by atomic mass is 9.98. The van der Waals surface area contributed by atoms with Crippen LogP contribution in [0.5, 0.6) is 0 Å². The molecule has 2 atom stereocenters. The van der Waals surface area contributed by atoms with E-state index in [0.29, 0.717) is 5.56 Å². The first-order valence-electron chi connectivity index (χ1n) is 7.91. The fourth-order valence-electron chi connectivity index (χ4n) is 2.75. The van der Waals surface area contributed by atoms with Crippen molar-refractivity contribution >= 4 is 5.91 Å². The van der Waals surface area contributed by atoms with Crippen molar-refractivity contribution in [1.82, 2.24) is 5.32 Å². The van der Waals surface area contributed by atoms with Gasteiger partial charge in [0.15, 0.2) is 0 Å². The van der Waals surface area contributed by atoms with E-state index in [0.717, 1.165) is 25.7 Å². The van der Waals surface area contributed by atoms with Gasteiger partial charge in [-0.2, -0.15) is 0 Å². The molecule has 22 heavy (non-hydrogen) atoms. The monoisotopic (exact) mass is 309 g/mol. The van der Waals surface area contributed by atoms with Gasteiger partial charge in [0.05, 0.1) is 18.2 Å². The Morgan fingerprint density at radius 1 is 1.32 bits per heavy atom. The van der Waals surface area contributed by atoms with Gasteiger partial charge in [-0.3, -0.25) is 4.79 Å². The molecule has 5 heteroatoms. The molecule has 1 aromatic carbocycles. The molecule has 2 N–H and O–H groups in total. The number of ether oxygens (including phenoxy) is 1. The summed E-state index contributed by atoms with van der Waals surface area (Å²) in [6, 6.07) is 5.15. The van der Waals surface area contributed by atoms with Crippen LogP contribution < -0.4 is 5.32 Å². The third-order valence-corrected chi connectivity index (χ3v) is 4.08. The van der Waals surface area contributed by atoms with Gasteiger partial charge in [0.2, 0.25) is 5.91 Å². The van der Waals surface area contributed by atoms with Gasteiger partial charge in [-0.25, -0.2) is 4.39 Å². The third-order valence-electron chi connectivity index (χ3n) is 4.08. The summed E-state index contributed by atoms with van der Waals surface area (Å²) in [6.45, 7) is 1.73. The molecule has 1 saturated carbocycles. The van der Waals surface area contributed by atoms with Crippen molar-refractivity contribution in [3.8, 4) is 0 Å². The molecule has 0 heterocycles. The zero-order chi connectivity index (χ0) is 15.9. The summed E-state index contributed by atoms with van der Waals surface area (Å²) in [4.78, 5) is 11.9. The Labute approximate surface area is 130 Å². The van der Waals surface area contributed by atoms with E-state index in [4.69, 9.17) is 4.74 Å². The van der Waals surface area contributed by atoms with Crippen LogP contribution in [0.1, 0.15) is 50.7 Å². The standard InChI is InChI=1S/C17H24FNO3/c1-12(17(21)13-7-9-14(18)10-8-13)19-16(20)11-22-15-5-3-2-4-6-15/h7-10,12,15,17,21H,2-6,11H2,1H3,(H,19,20)/t12-,17+/m1/s1. The molecule has 0 aromatic heterocycles. The Morgan fingerprint density at radius 2 is 1.95 bits per heavy atom. The van der Waals surface area contributed by atoms with E-state index in [2.05, 4.69) is 5.32 Å².